The van der Waals surface area contributed by atoms with Gasteiger partial charge in [0.05, 0.1) is 0 Å². The maximum atomic E-state index is 8.51. The number of hydrogen-bond acceptors (Lipinski definition) is 2. The van der Waals surface area contributed by atoms with Gasteiger partial charge in [0.2, 0.25) is 0 Å². The zero-order chi connectivity index (χ0) is 9.54. The van der Waals surface area contributed by atoms with E-state index in [0.717, 1.165) is 0 Å². The van der Waals surface area contributed by atoms with E-state index in [1.165, 1.54) is 0 Å². The average molecular weight is 338 g/mol. The monoisotopic (exact) mass is 340 g/mol. The minimum absolute atomic E-state index is 0.236. The van der Waals surface area contributed by atoms with Crippen LogP contribution in [-0.4, -0.2) is 26.2 Å². The Kier molecular flexibility index (Phi) is 50.5. The van der Waals surface area contributed by atoms with Crippen LogP contribution in [0.2, 0.25) is 0 Å². The van der Waals surface area contributed by atoms with Crippen molar-refractivity contribution in [2.45, 2.75) is 0 Å². The van der Waals surface area contributed by atoms with Gasteiger partial charge in [-0.2, -0.15) is 26.2 Å². The molecule has 0 saturated heterocycles. The van der Waals surface area contributed by atoms with Gasteiger partial charge in [-0.15, -0.1) is 0 Å². The molecule has 0 bridgehead atoms. The molecule has 6 nitrogen and oxygen atoms in total. The summed E-state index contributed by atoms with van der Waals surface area (Å²) >= 11 is -2.08. The van der Waals surface area contributed by atoms with Crippen molar-refractivity contribution < 1.29 is 24.4 Å². The van der Waals surface area contributed by atoms with Crippen molar-refractivity contribution in [2.24, 2.45) is 0 Å². The fourth-order valence-electron chi connectivity index (χ4n) is 0. The maximum absolute atomic E-state index is 8.51. The number of rotatable bonds is 2. The molecule has 11 heavy (non-hydrogen) atoms. The van der Waals surface area contributed by atoms with Gasteiger partial charge in [0.1, 0.15) is 0 Å². The Hall–Kier alpha value is 0.0764. The van der Waals surface area contributed by atoms with Gasteiger partial charge in [-0.25, -0.2) is 0 Å². The van der Waals surface area contributed by atoms with Crippen molar-refractivity contribution in [1.82, 2.24) is 0 Å². The van der Waals surface area contributed by atoms with E-state index in [-0.39, 0.29) is 26.2 Å². The molecule has 4 N–H and O–H groups in total. The van der Waals surface area contributed by atoms with Crippen LogP contribution < -0.4 is 0 Å². The normalized spacial score (nSPS) is 6.55. The first-order chi connectivity index (χ1) is 5.24. The summed E-state index contributed by atoms with van der Waals surface area (Å²) in [5.41, 5.74) is 25.1. The quantitative estimate of drug-likeness (QED) is 0.762. The summed E-state index contributed by atoms with van der Waals surface area (Å²) in [4.78, 5) is 0. The summed E-state index contributed by atoms with van der Waals surface area (Å²) in [6.45, 7) is 0.944. The number of nitrogens with one attached hydrogen (secondary N) is 4. The molecule has 0 radical (unpaired) electrons. The van der Waals surface area contributed by atoms with E-state index in [4.69, 9.17) is 30.0 Å². The third-order valence-corrected chi connectivity index (χ3v) is 0.250. The molecule has 0 heterocycles. The molecule has 0 spiro atoms. The van der Waals surface area contributed by atoms with Crippen molar-refractivity contribution >= 4 is 0 Å². The van der Waals surface area contributed by atoms with E-state index in [9.17, 15) is 0 Å². The third kappa shape index (κ3) is 152. The van der Waals surface area contributed by atoms with Gasteiger partial charge in [0.15, 0.2) is 0 Å². The minimum atomic E-state index is -2.08. The zero-order valence-electron chi connectivity index (χ0n) is 6.00. The van der Waals surface area contributed by atoms with Gasteiger partial charge < -0.3 is 22.9 Å². The average Bonchev–Trinajstić information content (AvgIpc) is 2.06. The summed E-state index contributed by atoms with van der Waals surface area (Å²) in [6, 6.07) is 0. The van der Waals surface area contributed by atoms with Crippen molar-refractivity contribution in [3.05, 3.63) is 22.9 Å². The van der Waals surface area contributed by atoms with Crippen LogP contribution in [0.25, 0.3) is 22.9 Å². The van der Waals surface area contributed by atoms with Gasteiger partial charge in [-0.1, -0.05) is 0 Å². The first-order valence-corrected chi connectivity index (χ1v) is 4.78. The van der Waals surface area contributed by atoms with Crippen LogP contribution in [-0.2, 0) is 24.4 Å². The summed E-state index contributed by atoms with van der Waals surface area (Å²) in [5, 5.41) is 0. The molecule has 0 aliphatic heterocycles. The molecule has 0 aromatic rings. The fraction of sp³-hybridized carbons (Fsp3) is 1.00. The Morgan fingerprint density at radius 3 is 0.818 bits per heavy atom. The van der Waals surface area contributed by atoms with Crippen molar-refractivity contribution in [3.63, 3.8) is 0 Å². The van der Waals surface area contributed by atoms with Crippen LogP contribution in [0, 0.1) is 0 Å². The van der Waals surface area contributed by atoms with Gasteiger partial charge >= 0.3 is 24.4 Å². The molecule has 0 aromatic heterocycles. The molecule has 0 unspecified atom stereocenters. The predicted octanol–water partition coefficient (Wildman–Crippen LogP) is 1.94. The Bertz CT molecular complexity index is 68.5. The van der Waals surface area contributed by atoms with E-state index in [1.54, 1.807) is 0 Å². The fourth-order valence-corrected chi connectivity index (χ4v) is 0. The van der Waals surface area contributed by atoms with E-state index >= 15 is 0 Å². The van der Waals surface area contributed by atoms with E-state index < -0.39 is 17.3 Å². The Balaban J connectivity index is -0.0000000886. The molecular weight excluding hydrogens is 326 g/mol. The van der Waals surface area contributed by atoms with Gasteiger partial charge in [-0.05, 0) is 0 Å². The van der Waals surface area contributed by atoms with E-state index in [0.29, 0.717) is 0 Å². The van der Waals surface area contributed by atoms with Crippen molar-refractivity contribution in [3.8, 4) is 0 Å². The van der Waals surface area contributed by atoms with Crippen molar-refractivity contribution in [1.29, 1.82) is 0 Å². The third-order valence-electron chi connectivity index (χ3n) is 0.250. The predicted molar refractivity (Wildman–Crippen MR) is 38.1 cm³/mol. The number of hydrogen-bond donors (Lipinski definition) is 0. The zero-order valence-corrected chi connectivity index (χ0v) is 8.54. The van der Waals surface area contributed by atoms with Gasteiger partial charge in [0.25, 0.3) is 0 Å². The molecule has 0 aromatic carbocycles. The summed E-state index contributed by atoms with van der Waals surface area (Å²) < 4.78 is 17.0. The molecule has 70 valence electrons. The SMILES string of the molecule is [NH-]CC[NH-].[NH-]CC[NH-].[O]=[Os+2]=[O]. The molecule has 0 aliphatic rings. The molecule has 0 amide bonds. The summed E-state index contributed by atoms with van der Waals surface area (Å²) in [7, 11) is 0. The molecule has 0 aliphatic carbocycles. The van der Waals surface area contributed by atoms with E-state index in [1.807, 2.05) is 0 Å². The second-order valence-electron chi connectivity index (χ2n) is 1.06. The molecule has 0 saturated carbocycles. The molecular formula is C4H12N4O2Os-2. The molecule has 7 heteroatoms. The molecule has 0 atom stereocenters. The topological polar surface area (TPSA) is 129 Å². The first kappa shape index (κ1) is 17.2. The molecule has 0 rings (SSSR count). The second kappa shape index (κ2) is 32.2. The summed E-state index contributed by atoms with van der Waals surface area (Å²) in [6.07, 6.45) is 0. The van der Waals surface area contributed by atoms with Crippen LogP contribution in [0.4, 0.5) is 0 Å². The first-order valence-electron chi connectivity index (χ1n) is 2.70. The van der Waals surface area contributed by atoms with Crippen molar-refractivity contribution in [2.75, 3.05) is 26.2 Å². The van der Waals surface area contributed by atoms with E-state index in [2.05, 4.69) is 0 Å². The Labute approximate surface area is 74.0 Å². The van der Waals surface area contributed by atoms with Crippen LogP contribution in [0.5, 0.6) is 0 Å². The van der Waals surface area contributed by atoms with Crippen LogP contribution >= 0.6 is 0 Å². The molecule has 0 fully saturated rings. The van der Waals surface area contributed by atoms with Gasteiger partial charge in [0, 0.05) is 0 Å². The Morgan fingerprint density at radius 1 is 0.727 bits per heavy atom. The Morgan fingerprint density at radius 2 is 0.818 bits per heavy atom. The van der Waals surface area contributed by atoms with Crippen LogP contribution in [0.1, 0.15) is 0 Å². The summed E-state index contributed by atoms with van der Waals surface area (Å²) in [5.74, 6) is 0. The van der Waals surface area contributed by atoms with Crippen LogP contribution in [0.3, 0.4) is 0 Å². The van der Waals surface area contributed by atoms with Crippen LogP contribution in [0.15, 0.2) is 0 Å². The second-order valence-corrected chi connectivity index (χ2v) is 1.48. The van der Waals surface area contributed by atoms with Gasteiger partial charge in [-0.3, -0.25) is 0 Å². The standard InChI is InChI=1S/2C2H6N2.2O.Os/c2*3-1-2-4;;;/h2*3-4H,1-2H2;;;/q2*-2;;;+2.